The van der Waals surface area contributed by atoms with Crippen LogP contribution in [-0.4, -0.2) is 11.6 Å². The highest BCUT2D eigenvalue weighted by Crippen LogP contribution is 2.34. The molecule has 0 amide bonds. The zero-order valence-corrected chi connectivity index (χ0v) is 13.8. The molecule has 1 aliphatic rings. The number of benzene rings is 2. The van der Waals surface area contributed by atoms with Crippen LogP contribution in [-0.2, 0) is 0 Å². The van der Waals surface area contributed by atoms with Gasteiger partial charge < -0.3 is 14.2 Å². The Morgan fingerprint density at radius 3 is 2.42 bits per heavy atom. The van der Waals surface area contributed by atoms with Crippen molar-refractivity contribution in [1.82, 2.24) is 4.98 Å². The molecular weight excluding hydrogens is 322 g/mol. The molecule has 0 atom stereocenters. The van der Waals surface area contributed by atoms with Gasteiger partial charge >= 0.3 is 0 Å². The summed E-state index contributed by atoms with van der Waals surface area (Å²) in [4.78, 5) is 4.23. The second-order valence-electron chi connectivity index (χ2n) is 5.61. The van der Waals surface area contributed by atoms with Gasteiger partial charge in [-0.3, -0.25) is 0 Å². The summed E-state index contributed by atoms with van der Waals surface area (Å²) in [5.41, 5.74) is 0. The van der Waals surface area contributed by atoms with Gasteiger partial charge in [-0.15, -0.1) is 0 Å². The number of hydrogen-bond donors (Lipinski definition) is 0. The van der Waals surface area contributed by atoms with Crippen LogP contribution in [0.25, 0.3) is 0 Å². The Balaban J connectivity index is 1.34. The first-order valence-electron chi connectivity index (χ1n) is 7.86. The van der Waals surface area contributed by atoms with Crippen LogP contribution in [0, 0.1) is 12.0 Å². The molecule has 2 aromatic carbocycles. The first kappa shape index (κ1) is 15.0. The minimum absolute atomic E-state index is 0.541. The summed E-state index contributed by atoms with van der Waals surface area (Å²) in [7, 11) is 0. The Kier molecular flexibility index (Phi) is 4.34. The van der Waals surface area contributed by atoms with Crippen LogP contribution in [0.5, 0.6) is 27.5 Å². The molecule has 1 aliphatic carbocycles. The third-order valence-corrected chi connectivity index (χ3v) is 4.33. The largest absolute Gasteiger partial charge is 0.493 e. The standard InChI is InChI=1S/C19H16NO3S/c1-2-4-16(5-3-1)22-18-12-20-19(24-18)23-17-10-8-15(9-11-17)21-13-14-6-7-14/h2-5,8-12,14H,6-7,13H2. The molecular formula is C19H16NO3S. The Morgan fingerprint density at radius 1 is 0.958 bits per heavy atom. The number of rotatable bonds is 7. The zero-order chi connectivity index (χ0) is 16.2. The van der Waals surface area contributed by atoms with Crippen molar-refractivity contribution < 1.29 is 14.2 Å². The van der Waals surface area contributed by atoms with E-state index in [-0.39, 0.29) is 0 Å². The second kappa shape index (κ2) is 6.93. The number of thiazole rings is 1. The third kappa shape index (κ3) is 4.06. The van der Waals surface area contributed by atoms with Crippen molar-refractivity contribution in [3.05, 3.63) is 60.8 Å². The summed E-state index contributed by atoms with van der Waals surface area (Å²) in [6.45, 7) is 0.810. The van der Waals surface area contributed by atoms with Gasteiger partial charge in [0, 0.05) is 0 Å². The van der Waals surface area contributed by atoms with E-state index in [1.165, 1.54) is 24.2 Å². The lowest BCUT2D eigenvalue weighted by Gasteiger charge is -2.06. The van der Waals surface area contributed by atoms with Crippen molar-refractivity contribution >= 4 is 11.3 Å². The van der Waals surface area contributed by atoms with E-state index in [2.05, 4.69) is 11.1 Å². The maximum Gasteiger partial charge on any atom is 0.282 e. The smallest absolute Gasteiger partial charge is 0.282 e. The second-order valence-corrected chi connectivity index (χ2v) is 6.57. The molecule has 3 aromatic rings. The van der Waals surface area contributed by atoms with Crippen molar-refractivity contribution in [1.29, 1.82) is 0 Å². The monoisotopic (exact) mass is 338 g/mol. The molecule has 0 aliphatic heterocycles. The van der Waals surface area contributed by atoms with Gasteiger partial charge in [0.25, 0.3) is 5.19 Å². The van der Waals surface area contributed by atoms with E-state index in [1.54, 1.807) is 18.3 Å². The van der Waals surface area contributed by atoms with Crippen LogP contribution in [0.3, 0.4) is 0 Å². The molecule has 0 unspecified atom stereocenters. The summed E-state index contributed by atoms with van der Waals surface area (Å²) in [5.74, 6) is 3.10. The highest BCUT2D eigenvalue weighted by Gasteiger charge is 2.21. The SMILES string of the molecule is [c]1ccc(Oc2cnc(Oc3ccc(OCC4CC4)cc3)s2)cc1. The lowest BCUT2D eigenvalue weighted by atomic mass is 10.3. The van der Waals surface area contributed by atoms with Crippen molar-refractivity contribution in [3.8, 4) is 27.5 Å². The van der Waals surface area contributed by atoms with Crippen LogP contribution in [0.15, 0.2) is 54.7 Å². The fourth-order valence-corrected chi connectivity index (χ4v) is 2.76. The molecule has 4 rings (SSSR count). The van der Waals surface area contributed by atoms with E-state index in [4.69, 9.17) is 14.2 Å². The molecule has 121 valence electrons. The molecule has 5 heteroatoms. The minimum Gasteiger partial charge on any atom is -0.493 e. The van der Waals surface area contributed by atoms with Gasteiger partial charge in [0.1, 0.15) is 17.2 Å². The number of nitrogens with zero attached hydrogens (tertiary/aromatic N) is 1. The van der Waals surface area contributed by atoms with E-state index < -0.39 is 0 Å². The van der Waals surface area contributed by atoms with Crippen LogP contribution >= 0.6 is 11.3 Å². The number of hydrogen-bond acceptors (Lipinski definition) is 5. The predicted molar refractivity (Wildman–Crippen MR) is 92.2 cm³/mol. The number of ether oxygens (including phenoxy) is 3. The quantitative estimate of drug-likeness (QED) is 0.585. The molecule has 0 N–H and O–H groups in total. The lowest BCUT2D eigenvalue weighted by Crippen LogP contribution is -1.98. The average molecular weight is 338 g/mol. The van der Waals surface area contributed by atoms with Gasteiger partial charge in [-0.1, -0.05) is 12.1 Å². The van der Waals surface area contributed by atoms with E-state index >= 15 is 0 Å². The first-order chi connectivity index (χ1) is 11.8. The fraction of sp³-hybridized carbons (Fsp3) is 0.211. The molecule has 0 saturated heterocycles. The van der Waals surface area contributed by atoms with Gasteiger partial charge in [-0.05, 0) is 72.6 Å². The van der Waals surface area contributed by atoms with E-state index in [0.29, 0.717) is 10.3 Å². The van der Waals surface area contributed by atoms with Crippen molar-refractivity contribution in [2.75, 3.05) is 6.61 Å². The molecule has 0 bridgehead atoms. The average Bonchev–Trinajstić information content (AvgIpc) is 3.35. The summed E-state index contributed by atoms with van der Waals surface area (Å²) in [6, 6.07) is 17.9. The van der Waals surface area contributed by atoms with Crippen LogP contribution in [0.1, 0.15) is 12.8 Å². The molecule has 1 saturated carbocycles. The van der Waals surface area contributed by atoms with E-state index in [9.17, 15) is 0 Å². The van der Waals surface area contributed by atoms with Crippen molar-refractivity contribution in [2.45, 2.75) is 12.8 Å². The Labute approximate surface area is 144 Å². The molecule has 24 heavy (non-hydrogen) atoms. The van der Waals surface area contributed by atoms with Crippen LogP contribution in [0.2, 0.25) is 0 Å². The summed E-state index contributed by atoms with van der Waals surface area (Å²) in [5, 5.41) is 1.22. The van der Waals surface area contributed by atoms with Crippen LogP contribution < -0.4 is 14.2 Å². The van der Waals surface area contributed by atoms with Gasteiger partial charge in [0.05, 0.1) is 12.8 Å². The Hall–Kier alpha value is -2.53. The molecule has 1 heterocycles. The maximum atomic E-state index is 5.76. The lowest BCUT2D eigenvalue weighted by molar-refractivity contribution is 0.299. The first-order valence-corrected chi connectivity index (χ1v) is 8.67. The van der Waals surface area contributed by atoms with Gasteiger partial charge in [0.15, 0.2) is 0 Å². The molecule has 1 aromatic heterocycles. The summed E-state index contributed by atoms with van der Waals surface area (Å²) in [6.07, 6.45) is 4.23. The summed E-state index contributed by atoms with van der Waals surface area (Å²) < 4.78 is 17.2. The molecule has 1 fully saturated rings. The van der Waals surface area contributed by atoms with Gasteiger partial charge in [-0.2, -0.15) is 0 Å². The normalized spacial score (nSPS) is 13.5. The Morgan fingerprint density at radius 2 is 1.67 bits per heavy atom. The van der Waals surface area contributed by atoms with Crippen molar-refractivity contribution in [2.24, 2.45) is 5.92 Å². The summed E-state index contributed by atoms with van der Waals surface area (Å²) >= 11 is 1.35. The Bertz CT molecular complexity index is 782. The minimum atomic E-state index is 0.541. The van der Waals surface area contributed by atoms with Crippen molar-refractivity contribution in [3.63, 3.8) is 0 Å². The van der Waals surface area contributed by atoms with E-state index in [0.717, 1.165) is 29.8 Å². The highest BCUT2D eigenvalue weighted by molar-refractivity contribution is 7.15. The molecule has 4 nitrogen and oxygen atoms in total. The third-order valence-electron chi connectivity index (χ3n) is 3.58. The predicted octanol–water partition coefficient (Wildman–Crippen LogP) is 5.32. The highest BCUT2D eigenvalue weighted by atomic mass is 32.1. The van der Waals surface area contributed by atoms with Gasteiger partial charge in [0.2, 0.25) is 5.06 Å². The number of aromatic nitrogens is 1. The van der Waals surface area contributed by atoms with Crippen LogP contribution in [0.4, 0.5) is 0 Å². The topological polar surface area (TPSA) is 40.6 Å². The zero-order valence-electron chi connectivity index (χ0n) is 13.0. The van der Waals surface area contributed by atoms with E-state index in [1.807, 2.05) is 36.4 Å². The molecule has 1 radical (unpaired) electrons. The van der Waals surface area contributed by atoms with Gasteiger partial charge in [-0.25, -0.2) is 4.98 Å². The molecule has 0 spiro atoms. The maximum absolute atomic E-state index is 5.76. The fourth-order valence-electron chi connectivity index (χ4n) is 2.10.